The zero-order chi connectivity index (χ0) is 18.3. The molecule has 0 amide bonds. The van der Waals surface area contributed by atoms with Gasteiger partial charge in [0.05, 0.1) is 4.90 Å². The summed E-state index contributed by atoms with van der Waals surface area (Å²) in [5, 5.41) is 7.00. The first-order chi connectivity index (χ1) is 11.6. The van der Waals surface area contributed by atoms with Crippen LogP contribution in [0.2, 0.25) is 0 Å². The van der Waals surface area contributed by atoms with Crippen LogP contribution in [0.5, 0.6) is 0 Å². The molecule has 0 fully saturated rings. The number of benzene rings is 1. The van der Waals surface area contributed by atoms with Gasteiger partial charge in [0.25, 0.3) is 0 Å². The molecule has 0 atom stereocenters. The molecule has 0 aliphatic heterocycles. The van der Waals surface area contributed by atoms with E-state index in [1.165, 1.54) is 57.4 Å². The molecule has 140 valence electrons. The molecule has 4 nitrogen and oxygen atoms in total. The molecule has 1 rings (SSSR count). The maximum absolute atomic E-state index is 11.2. The van der Waals surface area contributed by atoms with Crippen molar-refractivity contribution in [3.63, 3.8) is 0 Å². The molecule has 0 aliphatic rings. The van der Waals surface area contributed by atoms with Gasteiger partial charge in [-0.25, -0.2) is 8.42 Å². The van der Waals surface area contributed by atoms with Crippen molar-refractivity contribution in [3.05, 3.63) is 29.8 Å². The topological polar surface area (TPSA) is 77.4 Å². The van der Waals surface area contributed by atoms with Crippen molar-refractivity contribution < 1.29 is 47.6 Å². The van der Waals surface area contributed by atoms with Gasteiger partial charge in [-0.3, -0.25) is 0 Å². The van der Waals surface area contributed by atoms with Crippen molar-refractivity contribution in [1.29, 1.82) is 0 Å². The molecule has 0 unspecified atom stereocenters. The monoisotopic (exact) mass is 380 g/mol. The first kappa shape index (κ1) is 27.3. The van der Waals surface area contributed by atoms with Gasteiger partial charge in [-0.15, -0.1) is 0 Å². The van der Waals surface area contributed by atoms with E-state index in [1.807, 2.05) is 0 Å². The first-order valence-electron chi connectivity index (χ1n) is 9.04. The van der Waals surface area contributed by atoms with Gasteiger partial charge in [-0.2, -0.15) is 0 Å². The third-order valence-electron chi connectivity index (χ3n) is 4.04. The molecule has 0 heterocycles. The summed E-state index contributed by atoms with van der Waals surface area (Å²) in [6.07, 6.45) is 13.2. The predicted octanol–water partition coefficient (Wildman–Crippen LogP) is 1.67. The summed E-state index contributed by atoms with van der Waals surface area (Å²) in [5.74, 6) is 0. The van der Waals surface area contributed by atoms with E-state index in [9.17, 15) is 13.0 Å². The average Bonchev–Trinajstić information content (AvgIpc) is 2.58. The van der Waals surface area contributed by atoms with Crippen molar-refractivity contribution in [1.82, 2.24) is 0 Å². The van der Waals surface area contributed by atoms with E-state index in [2.05, 4.69) is 6.92 Å². The Morgan fingerprint density at radius 1 is 0.840 bits per heavy atom. The smallest absolute Gasteiger partial charge is 0.744 e. The summed E-state index contributed by atoms with van der Waals surface area (Å²) in [6, 6.07) is 6.56. The second kappa shape index (κ2) is 17.5. The van der Waals surface area contributed by atoms with E-state index >= 15 is 0 Å². The van der Waals surface area contributed by atoms with Crippen LogP contribution >= 0.6 is 0 Å². The van der Waals surface area contributed by atoms with Crippen LogP contribution in [0.25, 0.3) is 0 Å². The van der Waals surface area contributed by atoms with Crippen molar-refractivity contribution >= 4 is 10.1 Å². The van der Waals surface area contributed by atoms with Gasteiger partial charge < -0.3 is 9.66 Å². The Hall–Kier alpha value is 0.0900. The van der Waals surface area contributed by atoms with Crippen LogP contribution in [0.4, 0.5) is 0 Å². The van der Waals surface area contributed by atoms with Crippen molar-refractivity contribution in [2.75, 3.05) is 7.11 Å². The van der Waals surface area contributed by atoms with Crippen molar-refractivity contribution in [2.45, 2.75) is 82.4 Å². The minimum atomic E-state index is -4.35. The van der Waals surface area contributed by atoms with E-state index in [1.54, 1.807) is 18.2 Å². The first-order valence-corrected chi connectivity index (χ1v) is 10.4. The summed E-state index contributed by atoms with van der Waals surface area (Å²) < 4.78 is 33.5. The molecule has 1 N–H and O–H groups in total. The van der Waals surface area contributed by atoms with E-state index in [0.29, 0.717) is 12.0 Å². The van der Waals surface area contributed by atoms with Crippen LogP contribution in [-0.2, 0) is 16.5 Å². The molecule has 0 bridgehead atoms. The number of aliphatic hydroxyl groups excluding tert-OH is 1. The maximum atomic E-state index is 11.2. The quantitative estimate of drug-likeness (QED) is 0.340. The summed E-state index contributed by atoms with van der Waals surface area (Å²) in [4.78, 5) is -0.0501. The van der Waals surface area contributed by atoms with Crippen LogP contribution in [-0.4, -0.2) is 25.2 Å². The van der Waals surface area contributed by atoms with E-state index in [4.69, 9.17) is 5.11 Å². The molecule has 0 aromatic heterocycles. The molecular formula is C19H33NaO4S. The Labute approximate surface area is 176 Å². The predicted molar refractivity (Wildman–Crippen MR) is 98.1 cm³/mol. The zero-order valence-electron chi connectivity index (χ0n) is 16.2. The molecule has 25 heavy (non-hydrogen) atoms. The fraction of sp³-hybridized carbons (Fsp3) is 0.684. The molecular weight excluding hydrogens is 347 g/mol. The number of aryl methyl sites for hydroxylation is 1. The minimum absolute atomic E-state index is 0. The van der Waals surface area contributed by atoms with Gasteiger partial charge in [0.2, 0.25) is 0 Å². The normalized spacial score (nSPS) is 10.6. The van der Waals surface area contributed by atoms with Gasteiger partial charge in [-0.1, -0.05) is 82.9 Å². The SMILES string of the molecule is CCCCCCCCCCCCc1ccccc1S(=O)(=O)[O-].CO.[Na+]. The van der Waals surface area contributed by atoms with Crippen LogP contribution in [0, 0.1) is 0 Å². The Morgan fingerprint density at radius 2 is 1.28 bits per heavy atom. The third kappa shape index (κ3) is 13.9. The second-order valence-electron chi connectivity index (χ2n) is 5.99. The number of rotatable bonds is 12. The fourth-order valence-electron chi connectivity index (χ4n) is 2.76. The summed E-state index contributed by atoms with van der Waals surface area (Å²) in [5.41, 5.74) is 0.664. The van der Waals surface area contributed by atoms with Gasteiger partial charge in [0.1, 0.15) is 10.1 Å². The Balaban J connectivity index is 0. The van der Waals surface area contributed by atoms with Crippen LogP contribution in [0.15, 0.2) is 29.2 Å². The molecule has 0 aliphatic carbocycles. The van der Waals surface area contributed by atoms with E-state index in [-0.39, 0.29) is 34.5 Å². The standard InChI is InChI=1S/C18H30O3S.CH4O.Na/c1-2-3-4-5-6-7-8-9-10-11-14-17-15-12-13-16-18(17)22(19,20)21;1-2;/h12-13,15-16H,2-11,14H2,1H3,(H,19,20,21);2H,1H3;/q;;+1/p-1. The summed E-state index contributed by atoms with van der Waals surface area (Å²) in [6.45, 7) is 2.23. The molecule has 1 aromatic carbocycles. The number of aliphatic hydroxyl groups is 1. The van der Waals surface area contributed by atoms with Crippen molar-refractivity contribution in [2.24, 2.45) is 0 Å². The van der Waals surface area contributed by atoms with Gasteiger partial charge in [-0.05, 0) is 24.5 Å². The van der Waals surface area contributed by atoms with Gasteiger partial charge in [0.15, 0.2) is 0 Å². The average molecular weight is 381 g/mol. The van der Waals surface area contributed by atoms with Gasteiger partial charge >= 0.3 is 29.6 Å². The van der Waals surface area contributed by atoms with Crippen LogP contribution in [0.3, 0.4) is 0 Å². The minimum Gasteiger partial charge on any atom is -0.744 e. The Kier molecular flexibility index (Phi) is 19.1. The number of hydrogen-bond donors (Lipinski definition) is 1. The number of unbranched alkanes of at least 4 members (excludes halogenated alkanes) is 9. The zero-order valence-corrected chi connectivity index (χ0v) is 19.0. The fourth-order valence-corrected chi connectivity index (χ4v) is 3.49. The van der Waals surface area contributed by atoms with Crippen LogP contribution in [0.1, 0.15) is 76.7 Å². The summed E-state index contributed by atoms with van der Waals surface area (Å²) in [7, 11) is -3.35. The molecule has 0 saturated carbocycles. The molecule has 0 radical (unpaired) electrons. The molecule has 6 heteroatoms. The molecule has 1 aromatic rings. The molecule has 0 saturated heterocycles. The Morgan fingerprint density at radius 3 is 1.76 bits per heavy atom. The second-order valence-corrected chi connectivity index (χ2v) is 7.34. The maximum Gasteiger partial charge on any atom is 1.00 e. The van der Waals surface area contributed by atoms with E-state index in [0.717, 1.165) is 20.0 Å². The molecule has 0 spiro atoms. The summed E-state index contributed by atoms with van der Waals surface area (Å²) >= 11 is 0. The van der Waals surface area contributed by atoms with Crippen LogP contribution < -0.4 is 29.6 Å². The number of hydrogen-bond acceptors (Lipinski definition) is 4. The largest absolute Gasteiger partial charge is 1.00 e. The van der Waals surface area contributed by atoms with Crippen molar-refractivity contribution in [3.8, 4) is 0 Å². The van der Waals surface area contributed by atoms with Gasteiger partial charge in [0, 0.05) is 7.11 Å². The van der Waals surface area contributed by atoms with E-state index < -0.39 is 10.1 Å². The Bertz CT molecular complexity index is 518. The third-order valence-corrected chi connectivity index (χ3v) is 4.98.